The lowest BCUT2D eigenvalue weighted by Crippen LogP contribution is -2.20. The minimum atomic E-state index is 0.214. The standard InChI is InChI=1S/C14H16N6/c1-9-4-3-5-11(19-9)6-10(2)20-14-12-13(16-7-15-12)17-8-18-14/h3-5,7-8,10H,6H2,1-2H3,(H2,15,16,17,18,20). The Bertz CT molecular complexity index is 720. The summed E-state index contributed by atoms with van der Waals surface area (Å²) < 4.78 is 0. The lowest BCUT2D eigenvalue weighted by atomic mass is 10.1. The number of nitrogens with zero attached hydrogens (tertiary/aromatic N) is 4. The van der Waals surface area contributed by atoms with Gasteiger partial charge in [-0.3, -0.25) is 4.98 Å². The molecule has 0 spiro atoms. The largest absolute Gasteiger partial charge is 0.365 e. The zero-order valence-corrected chi connectivity index (χ0v) is 11.5. The van der Waals surface area contributed by atoms with Crippen molar-refractivity contribution < 1.29 is 0 Å². The minimum absolute atomic E-state index is 0.214. The number of hydrogen-bond acceptors (Lipinski definition) is 5. The van der Waals surface area contributed by atoms with Crippen molar-refractivity contribution in [3.05, 3.63) is 42.2 Å². The van der Waals surface area contributed by atoms with E-state index >= 15 is 0 Å². The van der Waals surface area contributed by atoms with E-state index in [1.54, 1.807) is 6.33 Å². The highest BCUT2D eigenvalue weighted by Crippen LogP contribution is 2.16. The Hall–Kier alpha value is -2.50. The van der Waals surface area contributed by atoms with Crippen LogP contribution in [0.25, 0.3) is 11.2 Å². The van der Waals surface area contributed by atoms with Gasteiger partial charge < -0.3 is 10.3 Å². The normalized spacial score (nSPS) is 12.5. The third kappa shape index (κ3) is 2.59. The predicted octanol–water partition coefficient (Wildman–Crippen LogP) is 2.10. The number of nitrogens with one attached hydrogen (secondary N) is 2. The van der Waals surface area contributed by atoms with Crippen LogP contribution in [-0.4, -0.2) is 31.0 Å². The molecule has 2 N–H and O–H groups in total. The molecule has 0 saturated carbocycles. The molecule has 0 radical (unpaired) electrons. The van der Waals surface area contributed by atoms with E-state index in [0.717, 1.165) is 29.1 Å². The van der Waals surface area contributed by atoms with Gasteiger partial charge in [0, 0.05) is 23.9 Å². The van der Waals surface area contributed by atoms with Crippen molar-refractivity contribution in [2.75, 3.05) is 5.32 Å². The van der Waals surface area contributed by atoms with E-state index in [9.17, 15) is 0 Å². The molecular weight excluding hydrogens is 252 g/mol. The molecule has 3 aromatic heterocycles. The zero-order chi connectivity index (χ0) is 13.9. The van der Waals surface area contributed by atoms with Crippen LogP contribution in [0.1, 0.15) is 18.3 Å². The number of aromatic nitrogens is 5. The molecule has 0 saturated heterocycles. The molecule has 3 rings (SSSR count). The Morgan fingerprint density at radius 1 is 1.25 bits per heavy atom. The second kappa shape index (κ2) is 5.24. The SMILES string of the molecule is Cc1cccc(CC(C)Nc2ncnc3nc[nH]c23)n1. The van der Waals surface area contributed by atoms with Crippen LogP contribution in [0.5, 0.6) is 0 Å². The number of H-pyrrole nitrogens is 1. The van der Waals surface area contributed by atoms with Crippen molar-refractivity contribution in [1.82, 2.24) is 24.9 Å². The van der Waals surface area contributed by atoms with E-state index in [0.29, 0.717) is 5.65 Å². The maximum Gasteiger partial charge on any atom is 0.182 e. The Balaban J connectivity index is 1.76. The Labute approximate surface area is 116 Å². The summed E-state index contributed by atoms with van der Waals surface area (Å²) in [6, 6.07) is 6.28. The molecule has 0 aliphatic rings. The average Bonchev–Trinajstić information content (AvgIpc) is 2.88. The maximum atomic E-state index is 4.51. The van der Waals surface area contributed by atoms with E-state index in [1.165, 1.54) is 6.33 Å². The first-order valence-electron chi connectivity index (χ1n) is 6.55. The van der Waals surface area contributed by atoms with E-state index in [2.05, 4.69) is 37.2 Å². The molecule has 1 atom stereocenters. The highest BCUT2D eigenvalue weighted by molar-refractivity contribution is 5.82. The van der Waals surface area contributed by atoms with Crippen molar-refractivity contribution in [1.29, 1.82) is 0 Å². The van der Waals surface area contributed by atoms with Crippen LogP contribution in [0.15, 0.2) is 30.9 Å². The molecule has 6 heteroatoms. The first-order chi connectivity index (χ1) is 9.72. The summed E-state index contributed by atoms with van der Waals surface area (Å²) in [6.07, 6.45) is 3.97. The lowest BCUT2D eigenvalue weighted by molar-refractivity contribution is 0.763. The number of aryl methyl sites for hydroxylation is 1. The molecule has 0 aliphatic heterocycles. The fourth-order valence-electron chi connectivity index (χ4n) is 2.19. The highest BCUT2D eigenvalue weighted by Gasteiger charge is 2.10. The number of pyridine rings is 1. The molecule has 0 amide bonds. The van der Waals surface area contributed by atoms with Crippen LogP contribution in [0.3, 0.4) is 0 Å². The number of aromatic amines is 1. The van der Waals surface area contributed by atoms with E-state index in [4.69, 9.17) is 0 Å². The molecule has 1 unspecified atom stereocenters. The van der Waals surface area contributed by atoms with Crippen LogP contribution in [-0.2, 0) is 6.42 Å². The second-order valence-corrected chi connectivity index (χ2v) is 4.84. The van der Waals surface area contributed by atoms with Crippen molar-refractivity contribution in [2.24, 2.45) is 0 Å². The first kappa shape index (κ1) is 12.5. The van der Waals surface area contributed by atoms with E-state index in [-0.39, 0.29) is 6.04 Å². The first-order valence-corrected chi connectivity index (χ1v) is 6.55. The third-order valence-electron chi connectivity index (χ3n) is 3.07. The molecule has 0 aliphatic carbocycles. The topological polar surface area (TPSA) is 79.4 Å². The van der Waals surface area contributed by atoms with Crippen molar-refractivity contribution >= 4 is 17.0 Å². The number of rotatable bonds is 4. The predicted molar refractivity (Wildman–Crippen MR) is 77.4 cm³/mol. The Kier molecular flexibility index (Phi) is 3.28. The Morgan fingerprint density at radius 3 is 3.00 bits per heavy atom. The fourth-order valence-corrected chi connectivity index (χ4v) is 2.19. The van der Waals surface area contributed by atoms with Crippen molar-refractivity contribution in [3.63, 3.8) is 0 Å². The summed E-state index contributed by atoms with van der Waals surface area (Å²) in [5.74, 6) is 0.771. The van der Waals surface area contributed by atoms with Crippen molar-refractivity contribution in [3.8, 4) is 0 Å². The molecule has 0 aromatic carbocycles. The zero-order valence-electron chi connectivity index (χ0n) is 11.5. The molecule has 3 aromatic rings. The summed E-state index contributed by atoms with van der Waals surface area (Å²) in [7, 11) is 0. The van der Waals surface area contributed by atoms with Gasteiger partial charge in [0.15, 0.2) is 11.5 Å². The molecule has 102 valence electrons. The van der Waals surface area contributed by atoms with Gasteiger partial charge in [0.05, 0.1) is 6.33 Å². The Morgan fingerprint density at radius 2 is 2.15 bits per heavy atom. The van der Waals surface area contributed by atoms with Gasteiger partial charge in [0.25, 0.3) is 0 Å². The van der Waals surface area contributed by atoms with Crippen LogP contribution < -0.4 is 5.32 Å². The maximum absolute atomic E-state index is 4.51. The summed E-state index contributed by atoms with van der Waals surface area (Å²) >= 11 is 0. The van der Waals surface area contributed by atoms with Gasteiger partial charge in [0.1, 0.15) is 11.8 Å². The van der Waals surface area contributed by atoms with Gasteiger partial charge in [-0.15, -0.1) is 0 Å². The van der Waals surface area contributed by atoms with Crippen LogP contribution in [0.4, 0.5) is 5.82 Å². The number of anilines is 1. The molecule has 20 heavy (non-hydrogen) atoms. The summed E-state index contributed by atoms with van der Waals surface area (Å²) in [4.78, 5) is 20.1. The summed E-state index contributed by atoms with van der Waals surface area (Å²) in [5, 5.41) is 3.38. The summed E-state index contributed by atoms with van der Waals surface area (Å²) in [5.41, 5.74) is 3.60. The van der Waals surface area contributed by atoms with Crippen LogP contribution >= 0.6 is 0 Å². The van der Waals surface area contributed by atoms with E-state index in [1.807, 2.05) is 25.1 Å². The third-order valence-corrected chi connectivity index (χ3v) is 3.07. The van der Waals surface area contributed by atoms with Gasteiger partial charge >= 0.3 is 0 Å². The van der Waals surface area contributed by atoms with Gasteiger partial charge in [-0.05, 0) is 26.0 Å². The fraction of sp³-hybridized carbons (Fsp3) is 0.286. The quantitative estimate of drug-likeness (QED) is 0.757. The van der Waals surface area contributed by atoms with Gasteiger partial charge in [-0.25, -0.2) is 15.0 Å². The number of fused-ring (bicyclic) bond motifs is 1. The highest BCUT2D eigenvalue weighted by atomic mass is 15.1. The van der Waals surface area contributed by atoms with E-state index < -0.39 is 0 Å². The lowest BCUT2D eigenvalue weighted by Gasteiger charge is -2.14. The monoisotopic (exact) mass is 268 g/mol. The molecular formula is C14H16N6. The molecule has 6 nitrogen and oxygen atoms in total. The van der Waals surface area contributed by atoms with Crippen LogP contribution in [0, 0.1) is 6.92 Å². The number of hydrogen-bond donors (Lipinski definition) is 2. The van der Waals surface area contributed by atoms with Gasteiger partial charge in [0.2, 0.25) is 0 Å². The molecule has 0 fully saturated rings. The van der Waals surface area contributed by atoms with Gasteiger partial charge in [-0.1, -0.05) is 6.07 Å². The smallest absolute Gasteiger partial charge is 0.182 e. The molecule has 3 heterocycles. The minimum Gasteiger partial charge on any atom is -0.365 e. The summed E-state index contributed by atoms with van der Waals surface area (Å²) in [6.45, 7) is 4.11. The second-order valence-electron chi connectivity index (χ2n) is 4.84. The molecule has 0 bridgehead atoms. The van der Waals surface area contributed by atoms with Crippen LogP contribution in [0.2, 0.25) is 0 Å². The number of imidazole rings is 1. The average molecular weight is 268 g/mol. The van der Waals surface area contributed by atoms with Gasteiger partial charge in [-0.2, -0.15) is 0 Å². The van der Waals surface area contributed by atoms with Crippen molar-refractivity contribution in [2.45, 2.75) is 26.3 Å².